The fourth-order valence-electron chi connectivity index (χ4n) is 2.68. The third kappa shape index (κ3) is 3.33. The van der Waals surface area contributed by atoms with E-state index in [-0.39, 0.29) is 18.5 Å². The number of halogens is 1. The van der Waals surface area contributed by atoms with Crippen molar-refractivity contribution in [3.8, 4) is 0 Å². The van der Waals surface area contributed by atoms with Crippen molar-refractivity contribution in [2.45, 2.75) is 6.42 Å². The maximum Gasteiger partial charge on any atom is 0.305 e. The number of benzene rings is 2. The van der Waals surface area contributed by atoms with Crippen LogP contribution >= 0.6 is 0 Å². The molecule has 0 unspecified atom stereocenters. The Balaban J connectivity index is 2.07. The second-order valence-corrected chi connectivity index (χ2v) is 5.56. The number of hydrogen-bond acceptors (Lipinski definition) is 3. The van der Waals surface area contributed by atoms with Crippen LogP contribution in [-0.4, -0.2) is 34.3 Å². The van der Waals surface area contributed by atoms with Crippen molar-refractivity contribution < 1.29 is 23.9 Å². The van der Waals surface area contributed by atoms with E-state index in [0.29, 0.717) is 16.7 Å². The van der Waals surface area contributed by atoms with Crippen molar-refractivity contribution in [2.24, 2.45) is 0 Å². The van der Waals surface area contributed by atoms with Crippen LogP contribution in [-0.2, 0) is 9.59 Å². The summed E-state index contributed by atoms with van der Waals surface area (Å²) in [5, 5.41) is 8.84. The SMILES string of the molecule is O=C(O)CCN1C(=O)/C(=C\c2ccc(F)cc2)c2ccccc2C1=O. The second-order valence-electron chi connectivity index (χ2n) is 5.56. The smallest absolute Gasteiger partial charge is 0.305 e. The lowest BCUT2D eigenvalue weighted by Gasteiger charge is -2.28. The summed E-state index contributed by atoms with van der Waals surface area (Å²) in [7, 11) is 0. The first-order chi connectivity index (χ1) is 12.0. The molecule has 0 aromatic heterocycles. The zero-order chi connectivity index (χ0) is 18.0. The van der Waals surface area contributed by atoms with Crippen LogP contribution in [0.2, 0.25) is 0 Å². The maximum absolute atomic E-state index is 13.1. The van der Waals surface area contributed by atoms with Crippen molar-refractivity contribution in [3.63, 3.8) is 0 Å². The first-order valence-electron chi connectivity index (χ1n) is 7.62. The third-order valence-electron chi connectivity index (χ3n) is 3.90. The number of carbonyl (C=O) groups is 3. The molecule has 0 fully saturated rings. The lowest BCUT2D eigenvalue weighted by Crippen LogP contribution is -2.42. The van der Waals surface area contributed by atoms with E-state index in [2.05, 4.69) is 0 Å². The third-order valence-corrected chi connectivity index (χ3v) is 3.90. The Morgan fingerprint density at radius 3 is 2.28 bits per heavy atom. The van der Waals surface area contributed by atoms with Gasteiger partial charge in [-0.1, -0.05) is 30.3 Å². The van der Waals surface area contributed by atoms with Gasteiger partial charge in [-0.25, -0.2) is 4.39 Å². The van der Waals surface area contributed by atoms with Gasteiger partial charge in [0.1, 0.15) is 5.82 Å². The summed E-state index contributed by atoms with van der Waals surface area (Å²) in [6.45, 7) is -0.206. The van der Waals surface area contributed by atoms with Crippen molar-refractivity contribution in [2.75, 3.05) is 6.54 Å². The summed E-state index contributed by atoms with van der Waals surface area (Å²) in [6, 6.07) is 12.2. The Morgan fingerprint density at radius 1 is 1.00 bits per heavy atom. The van der Waals surface area contributed by atoms with Gasteiger partial charge in [0, 0.05) is 17.7 Å². The van der Waals surface area contributed by atoms with Crippen LogP contribution in [0.25, 0.3) is 11.6 Å². The van der Waals surface area contributed by atoms with E-state index in [9.17, 15) is 18.8 Å². The zero-order valence-electron chi connectivity index (χ0n) is 13.1. The molecule has 1 aliphatic heterocycles. The lowest BCUT2D eigenvalue weighted by molar-refractivity contribution is -0.137. The van der Waals surface area contributed by atoms with Gasteiger partial charge < -0.3 is 5.11 Å². The van der Waals surface area contributed by atoms with Gasteiger partial charge >= 0.3 is 5.97 Å². The number of aliphatic carboxylic acids is 1. The van der Waals surface area contributed by atoms with Crippen molar-refractivity contribution in [1.82, 2.24) is 4.90 Å². The molecule has 3 rings (SSSR count). The molecule has 0 saturated heterocycles. The van der Waals surface area contributed by atoms with Gasteiger partial charge in [0.2, 0.25) is 0 Å². The van der Waals surface area contributed by atoms with Crippen LogP contribution in [0.1, 0.15) is 27.9 Å². The normalized spacial score (nSPS) is 15.4. The number of carboxylic acid groups (broad SMARTS) is 1. The summed E-state index contributed by atoms with van der Waals surface area (Å²) >= 11 is 0. The van der Waals surface area contributed by atoms with E-state index in [1.807, 2.05) is 0 Å². The lowest BCUT2D eigenvalue weighted by atomic mass is 9.92. The summed E-state index contributed by atoms with van der Waals surface area (Å²) in [5.74, 6) is -2.56. The monoisotopic (exact) mass is 339 g/mol. The van der Waals surface area contributed by atoms with E-state index in [1.165, 1.54) is 24.3 Å². The molecule has 0 saturated carbocycles. The summed E-state index contributed by atoms with van der Waals surface area (Å²) in [4.78, 5) is 37.0. The second kappa shape index (κ2) is 6.68. The van der Waals surface area contributed by atoms with E-state index >= 15 is 0 Å². The molecule has 0 atom stereocenters. The molecule has 2 aromatic carbocycles. The van der Waals surface area contributed by atoms with Crippen molar-refractivity contribution >= 4 is 29.4 Å². The van der Waals surface area contributed by atoms with Gasteiger partial charge in [-0.3, -0.25) is 19.3 Å². The number of nitrogens with zero attached hydrogens (tertiary/aromatic N) is 1. The Morgan fingerprint density at radius 2 is 1.64 bits per heavy atom. The van der Waals surface area contributed by atoms with Crippen LogP contribution in [0.3, 0.4) is 0 Å². The molecule has 6 heteroatoms. The van der Waals surface area contributed by atoms with Gasteiger partial charge in [0.25, 0.3) is 11.8 Å². The highest BCUT2D eigenvalue weighted by Gasteiger charge is 2.34. The molecule has 2 aromatic rings. The first kappa shape index (κ1) is 16.6. The largest absolute Gasteiger partial charge is 0.481 e. The Labute approximate surface area is 143 Å². The molecule has 0 spiro atoms. The highest BCUT2D eigenvalue weighted by molar-refractivity contribution is 6.33. The number of rotatable bonds is 4. The van der Waals surface area contributed by atoms with Crippen LogP contribution in [0.4, 0.5) is 4.39 Å². The molecule has 2 amide bonds. The maximum atomic E-state index is 13.1. The Kier molecular flexibility index (Phi) is 4.43. The van der Waals surface area contributed by atoms with E-state index in [1.54, 1.807) is 30.3 Å². The van der Waals surface area contributed by atoms with Gasteiger partial charge in [-0.2, -0.15) is 0 Å². The Hall–Kier alpha value is -3.28. The molecule has 0 bridgehead atoms. The summed E-state index contributed by atoms with van der Waals surface area (Å²) < 4.78 is 13.1. The van der Waals surface area contributed by atoms with Gasteiger partial charge in [0.15, 0.2) is 0 Å². The Bertz CT molecular complexity index is 887. The van der Waals surface area contributed by atoms with Gasteiger partial charge in [0.05, 0.1) is 6.42 Å². The number of imide groups is 1. The topological polar surface area (TPSA) is 74.7 Å². The quantitative estimate of drug-likeness (QED) is 0.687. The fraction of sp³-hybridized carbons (Fsp3) is 0.105. The summed E-state index contributed by atoms with van der Waals surface area (Å²) in [6.07, 6.45) is 1.24. The van der Waals surface area contributed by atoms with Crippen LogP contribution < -0.4 is 0 Å². The summed E-state index contributed by atoms with van der Waals surface area (Å²) in [5.41, 5.74) is 1.69. The van der Waals surface area contributed by atoms with E-state index in [0.717, 1.165) is 4.90 Å². The minimum absolute atomic E-state index is 0.206. The fourth-order valence-corrected chi connectivity index (χ4v) is 2.68. The number of carboxylic acids is 1. The standard InChI is InChI=1S/C19H14FNO4/c20-13-7-5-12(6-8-13)11-16-14-3-1-2-4-15(14)18(24)21(19(16)25)10-9-17(22)23/h1-8,11H,9-10H2,(H,22,23)/b16-11-. The van der Waals surface area contributed by atoms with Crippen molar-refractivity contribution in [1.29, 1.82) is 0 Å². The minimum Gasteiger partial charge on any atom is -0.481 e. The molecule has 5 nitrogen and oxygen atoms in total. The number of fused-ring (bicyclic) bond motifs is 1. The molecular formula is C19H14FNO4. The predicted molar refractivity (Wildman–Crippen MR) is 89.0 cm³/mol. The van der Waals surface area contributed by atoms with Crippen molar-refractivity contribution in [3.05, 3.63) is 71.0 Å². The molecular weight excluding hydrogens is 325 g/mol. The van der Waals surface area contributed by atoms with Gasteiger partial charge in [-0.15, -0.1) is 0 Å². The number of hydrogen-bond donors (Lipinski definition) is 1. The number of amides is 2. The average molecular weight is 339 g/mol. The molecule has 0 aliphatic carbocycles. The first-order valence-corrected chi connectivity index (χ1v) is 7.62. The highest BCUT2D eigenvalue weighted by atomic mass is 19.1. The predicted octanol–water partition coefficient (Wildman–Crippen LogP) is 2.82. The molecule has 1 heterocycles. The average Bonchev–Trinajstić information content (AvgIpc) is 2.60. The molecule has 1 N–H and O–H groups in total. The molecule has 25 heavy (non-hydrogen) atoms. The van der Waals surface area contributed by atoms with E-state index < -0.39 is 23.6 Å². The highest BCUT2D eigenvalue weighted by Crippen LogP contribution is 2.30. The molecule has 126 valence electrons. The van der Waals surface area contributed by atoms with E-state index in [4.69, 9.17) is 5.11 Å². The number of carbonyl (C=O) groups excluding carboxylic acids is 2. The molecule has 0 radical (unpaired) electrons. The molecule has 1 aliphatic rings. The van der Waals surface area contributed by atoms with Crippen LogP contribution in [0.5, 0.6) is 0 Å². The zero-order valence-corrected chi connectivity index (χ0v) is 13.1. The minimum atomic E-state index is -1.09. The van der Waals surface area contributed by atoms with Gasteiger partial charge in [-0.05, 0) is 35.4 Å². The van der Waals surface area contributed by atoms with Crippen LogP contribution in [0, 0.1) is 5.82 Å². The van der Waals surface area contributed by atoms with Crippen LogP contribution in [0.15, 0.2) is 48.5 Å².